The lowest BCUT2D eigenvalue weighted by Crippen LogP contribution is -2.30. The largest absolute Gasteiger partial charge is 0.372 e. The Bertz CT molecular complexity index is 372. The lowest BCUT2D eigenvalue weighted by atomic mass is 10.2. The van der Waals surface area contributed by atoms with E-state index in [2.05, 4.69) is 0 Å². The molecule has 0 spiro atoms. The highest BCUT2D eigenvalue weighted by Gasteiger charge is 2.25. The Hall–Kier alpha value is -1.13. The van der Waals surface area contributed by atoms with Crippen molar-refractivity contribution in [3.63, 3.8) is 0 Å². The number of nitrogens with two attached hydrogens (primary N) is 1. The van der Waals surface area contributed by atoms with Crippen LogP contribution in [0.5, 0.6) is 0 Å². The van der Waals surface area contributed by atoms with Crippen molar-refractivity contribution in [2.45, 2.75) is 25.0 Å². The smallest absolute Gasteiger partial charge is 0.125 e. The highest BCUT2D eigenvalue weighted by molar-refractivity contribution is 5.45. The number of hydrogen-bond donors (Lipinski definition) is 1. The molecule has 0 bridgehead atoms. The zero-order chi connectivity index (χ0) is 12.3. The quantitative estimate of drug-likeness (QED) is 0.868. The molecule has 0 aromatic heterocycles. The second-order valence-corrected chi connectivity index (χ2v) is 4.55. The van der Waals surface area contributed by atoms with Gasteiger partial charge in [0.05, 0.1) is 12.2 Å². The number of anilines is 1. The number of likely N-dealkylation sites (N-methyl/N-ethyl adjacent to an activating group) is 1. The standard InChI is InChI=1S/C13H19FN2O/c1-16(11-4-2-3-10(14)7-11)9-13-6-5-12(8-15)17-13/h2-4,7,12-13H,5-6,8-9,15H2,1H3. The van der Waals surface area contributed by atoms with Gasteiger partial charge in [-0.2, -0.15) is 0 Å². The van der Waals surface area contributed by atoms with Gasteiger partial charge in [0, 0.05) is 25.8 Å². The van der Waals surface area contributed by atoms with E-state index in [-0.39, 0.29) is 18.0 Å². The van der Waals surface area contributed by atoms with Crippen LogP contribution in [-0.2, 0) is 4.74 Å². The van der Waals surface area contributed by atoms with Gasteiger partial charge >= 0.3 is 0 Å². The molecule has 4 heteroatoms. The van der Waals surface area contributed by atoms with Gasteiger partial charge in [-0.15, -0.1) is 0 Å². The number of rotatable bonds is 4. The Balaban J connectivity index is 1.91. The summed E-state index contributed by atoms with van der Waals surface area (Å²) in [5.74, 6) is -0.207. The number of ether oxygens (including phenoxy) is 1. The number of nitrogens with zero attached hydrogens (tertiary/aromatic N) is 1. The molecule has 0 amide bonds. The van der Waals surface area contributed by atoms with E-state index in [4.69, 9.17) is 10.5 Å². The second kappa shape index (κ2) is 5.47. The molecule has 1 fully saturated rings. The maximum Gasteiger partial charge on any atom is 0.125 e. The Morgan fingerprint density at radius 1 is 1.41 bits per heavy atom. The van der Waals surface area contributed by atoms with Crippen molar-refractivity contribution in [2.24, 2.45) is 5.73 Å². The van der Waals surface area contributed by atoms with Crippen molar-refractivity contribution in [2.75, 3.05) is 25.0 Å². The number of benzene rings is 1. The zero-order valence-electron chi connectivity index (χ0n) is 10.1. The summed E-state index contributed by atoms with van der Waals surface area (Å²) in [5.41, 5.74) is 6.45. The third-order valence-electron chi connectivity index (χ3n) is 3.18. The third-order valence-corrected chi connectivity index (χ3v) is 3.18. The molecule has 3 nitrogen and oxygen atoms in total. The Morgan fingerprint density at radius 3 is 2.82 bits per heavy atom. The molecular weight excluding hydrogens is 219 g/mol. The van der Waals surface area contributed by atoms with Crippen LogP contribution in [0.2, 0.25) is 0 Å². The van der Waals surface area contributed by atoms with Crippen LogP contribution >= 0.6 is 0 Å². The summed E-state index contributed by atoms with van der Waals surface area (Å²) < 4.78 is 18.9. The van der Waals surface area contributed by atoms with Crippen molar-refractivity contribution >= 4 is 5.69 Å². The lowest BCUT2D eigenvalue weighted by Gasteiger charge is -2.23. The summed E-state index contributed by atoms with van der Waals surface area (Å²) in [6, 6.07) is 6.61. The maximum absolute atomic E-state index is 13.1. The first-order valence-corrected chi connectivity index (χ1v) is 6.01. The van der Waals surface area contributed by atoms with Crippen LogP contribution in [0.1, 0.15) is 12.8 Å². The third kappa shape index (κ3) is 3.17. The number of halogens is 1. The molecule has 2 unspecified atom stereocenters. The molecule has 17 heavy (non-hydrogen) atoms. The van der Waals surface area contributed by atoms with Gasteiger partial charge in [0.15, 0.2) is 0 Å². The molecule has 1 aliphatic rings. The number of hydrogen-bond acceptors (Lipinski definition) is 3. The van der Waals surface area contributed by atoms with Crippen LogP contribution in [0.4, 0.5) is 10.1 Å². The van der Waals surface area contributed by atoms with E-state index < -0.39 is 0 Å². The molecule has 0 aliphatic carbocycles. The molecule has 2 N–H and O–H groups in total. The summed E-state index contributed by atoms with van der Waals surface area (Å²) in [7, 11) is 1.95. The molecule has 2 rings (SSSR count). The van der Waals surface area contributed by atoms with Gasteiger partial charge in [0.1, 0.15) is 5.82 Å². The normalized spacial score (nSPS) is 23.9. The maximum atomic E-state index is 13.1. The Kier molecular flexibility index (Phi) is 3.97. The average molecular weight is 238 g/mol. The van der Waals surface area contributed by atoms with Crippen LogP contribution in [0.15, 0.2) is 24.3 Å². The van der Waals surface area contributed by atoms with Gasteiger partial charge in [-0.05, 0) is 31.0 Å². The fourth-order valence-corrected chi connectivity index (χ4v) is 2.21. The van der Waals surface area contributed by atoms with E-state index in [0.717, 1.165) is 25.1 Å². The summed E-state index contributed by atoms with van der Waals surface area (Å²) in [4.78, 5) is 2.02. The first-order valence-electron chi connectivity index (χ1n) is 6.01. The van der Waals surface area contributed by atoms with Crippen molar-refractivity contribution in [3.05, 3.63) is 30.1 Å². The molecule has 1 aromatic carbocycles. The van der Waals surface area contributed by atoms with E-state index in [0.29, 0.717) is 6.54 Å². The predicted molar refractivity (Wildman–Crippen MR) is 66.6 cm³/mol. The molecule has 1 aliphatic heterocycles. The fourth-order valence-electron chi connectivity index (χ4n) is 2.21. The molecule has 0 saturated carbocycles. The Labute approximate surface area is 101 Å². The minimum Gasteiger partial charge on any atom is -0.372 e. The SMILES string of the molecule is CN(CC1CCC(CN)O1)c1cccc(F)c1. The minimum absolute atomic E-state index is 0.195. The molecule has 94 valence electrons. The molecule has 1 aromatic rings. The van der Waals surface area contributed by atoms with Gasteiger partial charge in [-0.1, -0.05) is 6.07 Å². The van der Waals surface area contributed by atoms with E-state index in [1.807, 2.05) is 18.0 Å². The van der Waals surface area contributed by atoms with Gasteiger partial charge in [-0.25, -0.2) is 4.39 Å². The summed E-state index contributed by atoms with van der Waals surface area (Å²) >= 11 is 0. The van der Waals surface area contributed by atoms with Crippen LogP contribution in [0.3, 0.4) is 0 Å². The van der Waals surface area contributed by atoms with Crippen molar-refractivity contribution in [3.8, 4) is 0 Å². The van der Waals surface area contributed by atoms with Crippen molar-refractivity contribution < 1.29 is 9.13 Å². The van der Waals surface area contributed by atoms with Crippen molar-refractivity contribution in [1.82, 2.24) is 0 Å². The van der Waals surface area contributed by atoms with E-state index in [9.17, 15) is 4.39 Å². The zero-order valence-corrected chi connectivity index (χ0v) is 10.1. The molecule has 1 heterocycles. The predicted octanol–water partition coefficient (Wildman–Crippen LogP) is 1.77. The van der Waals surface area contributed by atoms with Crippen LogP contribution in [-0.4, -0.2) is 32.3 Å². The highest BCUT2D eigenvalue weighted by Crippen LogP contribution is 2.22. The van der Waals surface area contributed by atoms with Gasteiger partial charge < -0.3 is 15.4 Å². The monoisotopic (exact) mass is 238 g/mol. The average Bonchev–Trinajstić information content (AvgIpc) is 2.77. The van der Waals surface area contributed by atoms with Crippen LogP contribution < -0.4 is 10.6 Å². The van der Waals surface area contributed by atoms with Crippen LogP contribution in [0.25, 0.3) is 0 Å². The molecule has 1 saturated heterocycles. The van der Waals surface area contributed by atoms with Gasteiger partial charge in [0.25, 0.3) is 0 Å². The summed E-state index contributed by atoms with van der Waals surface area (Å²) in [6.07, 6.45) is 2.46. The van der Waals surface area contributed by atoms with Gasteiger partial charge in [0.2, 0.25) is 0 Å². The summed E-state index contributed by atoms with van der Waals surface area (Å²) in [6.45, 7) is 1.36. The first kappa shape index (κ1) is 12.3. The molecule has 2 atom stereocenters. The highest BCUT2D eigenvalue weighted by atomic mass is 19.1. The molecular formula is C13H19FN2O. The van der Waals surface area contributed by atoms with Crippen molar-refractivity contribution in [1.29, 1.82) is 0 Å². The topological polar surface area (TPSA) is 38.5 Å². The Morgan fingerprint density at radius 2 is 2.18 bits per heavy atom. The second-order valence-electron chi connectivity index (χ2n) is 4.55. The van der Waals surface area contributed by atoms with Gasteiger partial charge in [-0.3, -0.25) is 0 Å². The van der Waals surface area contributed by atoms with E-state index in [1.165, 1.54) is 12.1 Å². The molecule has 0 radical (unpaired) electrons. The van der Waals surface area contributed by atoms with E-state index in [1.54, 1.807) is 6.07 Å². The lowest BCUT2D eigenvalue weighted by molar-refractivity contribution is 0.0549. The fraction of sp³-hybridized carbons (Fsp3) is 0.538. The van der Waals surface area contributed by atoms with Crippen LogP contribution in [0, 0.1) is 5.82 Å². The first-order chi connectivity index (χ1) is 8.19. The minimum atomic E-state index is -0.207. The van der Waals surface area contributed by atoms with E-state index >= 15 is 0 Å². The summed E-state index contributed by atoms with van der Waals surface area (Å²) in [5, 5.41) is 0.